The van der Waals surface area contributed by atoms with Crippen LogP contribution in [-0.4, -0.2) is 22.2 Å². The van der Waals surface area contributed by atoms with Crippen molar-refractivity contribution in [3.05, 3.63) is 35.3 Å². The van der Waals surface area contributed by atoms with Crippen molar-refractivity contribution >= 4 is 16.9 Å². The summed E-state index contributed by atoms with van der Waals surface area (Å²) in [6.45, 7) is 2.39. The van der Waals surface area contributed by atoms with Crippen molar-refractivity contribution in [2.75, 3.05) is 6.54 Å². The SMILES string of the molecule is Cc1cn(C)c2c(F)cc(C3CC(C(=O)O)CN3)cc12. The second-order valence-electron chi connectivity index (χ2n) is 5.55. The first-order valence-electron chi connectivity index (χ1n) is 6.68. The van der Waals surface area contributed by atoms with Crippen molar-refractivity contribution in [3.63, 3.8) is 0 Å². The number of fused-ring (bicyclic) bond motifs is 1. The van der Waals surface area contributed by atoms with Gasteiger partial charge in [-0.3, -0.25) is 4.79 Å². The zero-order valence-corrected chi connectivity index (χ0v) is 11.5. The van der Waals surface area contributed by atoms with Gasteiger partial charge >= 0.3 is 5.97 Å². The molecule has 1 fully saturated rings. The maximum Gasteiger partial charge on any atom is 0.307 e. The van der Waals surface area contributed by atoms with E-state index in [9.17, 15) is 9.18 Å². The number of nitrogens with zero attached hydrogens (tertiary/aromatic N) is 1. The molecule has 1 aromatic carbocycles. The fourth-order valence-corrected chi connectivity index (χ4v) is 3.08. The minimum Gasteiger partial charge on any atom is -0.481 e. The first-order chi connectivity index (χ1) is 9.47. The molecule has 106 valence electrons. The van der Waals surface area contributed by atoms with Crippen molar-refractivity contribution in [1.29, 1.82) is 0 Å². The van der Waals surface area contributed by atoms with Gasteiger partial charge in [0.15, 0.2) is 0 Å². The van der Waals surface area contributed by atoms with Crippen LogP contribution in [0, 0.1) is 18.7 Å². The summed E-state index contributed by atoms with van der Waals surface area (Å²) in [7, 11) is 1.83. The van der Waals surface area contributed by atoms with Gasteiger partial charge in [-0.05, 0) is 36.6 Å². The number of hydrogen-bond donors (Lipinski definition) is 2. The molecule has 0 spiro atoms. The number of carboxylic acids is 1. The molecule has 4 nitrogen and oxygen atoms in total. The van der Waals surface area contributed by atoms with E-state index < -0.39 is 11.9 Å². The van der Waals surface area contributed by atoms with E-state index in [0.29, 0.717) is 18.5 Å². The van der Waals surface area contributed by atoms with Crippen LogP contribution in [0.1, 0.15) is 23.6 Å². The van der Waals surface area contributed by atoms with Crippen LogP contribution in [0.5, 0.6) is 0 Å². The Bertz CT molecular complexity index is 693. The van der Waals surface area contributed by atoms with E-state index in [-0.39, 0.29) is 11.9 Å². The van der Waals surface area contributed by atoms with Crippen molar-refractivity contribution in [3.8, 4) is 0 Å². The number of rotatable bonds is 2. The Kier molecular flexibility index (Phi) is 3.01. The summed E-state index contributed by atoms with van der Waals surface area (Å²) >= 11 is 0. The predicted molar refractivity (Wildman–Crippen MR) is 74.1 cm³/mol. The number of aryl methyl sites for hydroxylation is 2. The molecule has 0 bridgehead atoms. The summed E-state index contributed by atoms with van der Waals surface area (Å²) in [5, 5.41) is 13.1. The highest BCUT2D eigenvalue weighted by Gasteiger charge is 2.30. The van der Waals surface area contributed by atoms with Gasteiger partial charge in [-0.2, -0.15) is 0 Å². The third kappa shape index (κ3) is 1.98. The largest absolute Gasteiger partial charge is 0.481 e. The Hall–Kier alpha value is -1.88. The van der Waals surface area contributed by atoms with Gasteiger partial charge in [-0.15, -0.1) is 0 Å². The van der Waals surface area contributed by atoms with Crippen LogP contribution < -0.4 is 5.32 Å². The second-order valence-corrected chi connectivity index (χ2v) is 5.55. The van der Waals surface area contributed by atoms with Crippen LogP contribution in [-0.2, 0) is 11.8 Å². The number of aliphatic carboxylic acids is 1. The molecule has 0 aliphatic carbocycles. The Balaban J connectivity index is 2.01. The van der Waals surface area contributed by atoms with Gasteiger partial charge in [0.25, 0.3) is 0 Å². The molecular weight excluding hydrogens is 259 g/mol. The van der Waals surface area contributed by atoms with E-state index in [0.717, 1.165) is 16.5 Å². The third-order valence-electron chi connectivity index (χ3n) is 4.13. The molecule has 0 amide bonds. The number of carboxylic acid groups (broad SMARTS) is 1. The van der Waals surface area contributed by atoms with Crippen LogP contribution in [0.4, 0.5) is 4.39 Å². The zero-order chi connectivity index (χ0) is 14.4. The Labute approximate surface area is 116 Å². The molecule has 0 saturated carbocycles. The van der Waals surface area contributed by atoms with E-state index in [1.807, 2.05) is 26.2 Å². The lowest BCUT2D eigenvalue weighted by Crippen LogP contribution is -2.17. The second kappa shape index (κ2) is 4.59. The Morgan fingerprint density at radius 3 is 2.90 bits per heavy atom. The molecule has 2 unspecified atom stereocenters. The number of nitrogens with one attached hydrogen (secondary N) is 1. The molecule has 2 aromatic rings. The molecule has 1 aliphatic heterocycles. The molecule has 0 radical (unpaired) electrons. The van der Waals surface area contributed by atoms with Gasteiger partial charge in [0.05, 0.1) is 11.4 Å². The zero-order valence-electron chi connectivity index (χ0n) is 11.5. The summed E-state index contributed by atoms with van der Waals surface area (Å²) in [6.07, 6.45) is 2.41. The first-order valence-corrected chi connectivity index (χ1v) is 6.68. The van der Waals surface area contributed by atoms with E-state index in [2.05, 4.69) is 5.32 Å². The molecule has 2 N–H and O–H groups in total. The van der Waals surface area contributed by atoms with Gasteiger partial charge in [0, 0.05) is 31.2 Å². The Morgan fingerprint density at radius 1 is 1.50 bits per heavy atom. The van der Waals surface area contributed by atoms with Gasteiger partial charge < -0.3 is 15.0 Å². The van der Waals surface area contributed by atoms with Crippen LogP contribution in [0.2, 0.25) is 0 Å². The molecule has 1 aliphatic rings. The lowest BCUT2D eigenvalue weighted by atomic mass is 9.98. The monoisotopic (exact) mass is 276 g/mol. The number of aromatic nitrogens is 1. The molecular formula is C15H17FN2O2. The van der Waals surface area contributed by atoms with Crippen LogP contribution in [0.25, 0.3) is 10.9 Å². The fraction of sp³-hybridized carbons (Fsp3) is 0.400. The number of benzene rings is 1. The number of halogens is 1. The predicted octanol–water partition coefficient (Wildman–Crippen LogP) is 2.36. The summed E-state index contributed by atoms with van der Waals surface area (Å²) < 4.78 is 16.0. The lowest BCUT2D eigenvalue weighted by molar-refractivity contribution is -0.141. The lowest BCUT2D eigenvalue weighted by Gasteiger charge is -2.12. The Morgan fingerprint density at radius 2 is 2.25 bits per heavy atom. The van der Waals surface area contributed by atoms with Crippen LogP contribution in [0.3, 0.4) is 0 Å². The maximum atomic E-state index is 14.3. The van der Waals surface area contributed by atoms with E-state index in [1.54, 1.807) is 4.57 Å². The highest BCUT2D eigenvalue weighted by molar-refractivity contribution is 5.85. The molecule has 2 heterocycles. The van der Waals surface area contributed by atoms with Crippen molar-refractivity contribution < 1.29 is 14.3 Å². The minimum atomic E-state index is -0.794. The van der Waals surface area contributed by atoms with Crippen molar-refractivity contribution in [2.24, 2.45) is 13.0 Å². The normalized spacial score (nSPS) is 22.6. The average molecular weight is 276 g/mol. The quantitative estimate of drug-likeness (QED) is 0.885. The first kappa shape index (κ1) is 13.1. The summed E-state index contributed by atoms with van der Waals surface area (Å²) in [4.78, 5) is 11.0. The summed E-state index contributed by atoms with van der Waals surface area (Å²) in [6, 6.07) is 3.40. The highest BCUT2D eigenvalue weighted by atomic mass is 19.1. The molecule has 2 atom stereocenters. The van der Waals surface area contributed by atoms with Crippen molar-refractivity contribution in [2.45, 2.75) is 19.4 Å². The minimum absolute atomic E-state index is 0.0883. The number of hydrogen-bond acceptors (Lipinski definition) is 2. The van der Waals surface area contributed by atoms with Crippen LogP contribution >= 0.6 is 0 Å². The average Bonchev–Trinajstić information content (AvgIpc) is 2.95. The van der Waals surface area contributed by atoms with Crippen LogP contribution in [0.15, 0.2) is 18.3 Å². The topological polar surface area (TPSA) is 54.3 Å². The van der Waals surface area contributed by atoms with Gasteiger partial charge in [0.1, 0.15) is 5.82 Å². The standard InChI is InChI=1S/C15H17FN2O2/c1-8-7-18(2)14-11(8)3-9(4-12(14)16)13-5-10(6-17-13)15(19)20/h3-4,7,10,13,17H,5-6H2,1-2H3,(H,19,20). The van der Waals surface area contributed by atoms with E-state index >= 15 is 0 Å². The van der Waals surface area contributed by atoms with E-state index in [1.165, 1.54) is 6.07 Å². The van der Waals surface area contributed by atoms with Gasteiger partial charge in [-0.1, -0.05) is 0 Å². The molecule has 3 rings (SSSR count). The van der Waals surface area contributed by atoms with E-state index in [4.69, 9.17) is 5.11 Å². The van der Waals surface area contributed by atoms with Crippen molar-refractivity contribution in [1.82, 2.24) is 9.88 Å². The molecule has 1 saturated heterocycles. The fourth-order valence-electron chi connectivity index (χ4n) is 3.08. The molecule has 1 aromatic heterocycles. The maximum absolute atomic E-state index is 14.3. The third-order valence-corrected chi connectivity index (χ3v) is 4.13. The summed E-state index contributed by atoms with van der Waals surface area (Å²) in [5.41, 5.74) is 2.45. The highest BCUT2D eigenvalue weighted by Crippen LogP contribution is 2.32. The number of carbonyl (C=O) groups is 1. The van der Waals surface area contributed by atoms with Gasteiger partial charge in [-0.25, -0.2) is 4.39 Å². The molecule has 20 heavy (non-hydrogen) atoms. The molecule has 5 heteroatoms. The smallest absolute Gasteiger partial charge is 0.307 e. The summed E-state index contributed by atoms with van der Waals surface area (Å²) in [5.74, 6) is -1.44. The van der Waals surface area contributed by atoms with Gasteiger partial charge in [0.2, 0.25) is 0 Å².